The van der Waals surface area contributed by atoms with E-state index in [-0.39, 0.29) is 18.6 Å². The van der Waals surface area contributed by atoms with Gasteiger partial charge < -0.3 is 19.5 Å². The molecule has 3 rings (SSSR count). The fourth-order valence-corrected chi connectivity index (χ4v) is 2.97. The van der Waals surface area contributed by atoms with Crippen LogP contribution in [0.2, 0.25) is 0 Å². The van der Waals surface area contributed by atoms with Gasteiger partial charge in [0.1, 0.15) is 11.5 Å². The minimum absolute atomic E-state index is 0.0690. The molecule has 1 atom stereocenters. The van der Waals surface area contributed by atoms with Gasteiger partial charge in [-0.1, -0.05) is 0 Å². The van der Waals surface area contributed by atoms with Gasteiger partial charge in [-0.25, -0.2) is 9.78 Å². The first-order chi connectivity index (χ1) is 11.6. The second-order valence-corrected chi connectivity index (χ2v) is 6.09. The Hall–Kier alpha value is -2.28. The lowest BCUT2D eigenvalue weighted by Crippen LogP contribution is -2.41. The Morgan fingerprint density at radius 1 is 1.33 bits per heavy atom. The molecule has 7 nitrogen and oxygen atoms in total. The molecule has 1 aliphatic rings. The zero-order chi connectivity index (χ0) is 16.9. The summed E-state index contributed by atoms with van der Waals surface area (Å²) in [6.07, 6.45) is 4.05. The number of hydrogen-bond donors (Lipinski definition) is 2. The summed E-state index contributed by atoms with van der Waals surface area (Å²) in [5.74, 6) is 2.18. The predicted molar refractivity (Wildman–Crippen MR) is 88.5 cm³/mol. The van der Waals surface area contributed by atoms with E-state index in [0.29, 0.717) is 12.4 Å². The molecule has 1 saturated heterocycles. The third-order valence-electron chi connectivity index (χ3n) is 4.38. The second-order valence-electron chi connectivity index (χ2n) is 6.09. The zero-order valence-corrected chi connectivity index (χ0v) is 14.2. The van der Waals surface area contributed by atoms with Crippen molar-refractivity contribution < 1.29 is 13.6 Å². The molecule has 2 aromatic heterocycles. The number of furan rings is 1. The van der Waals surface area contributed by atoms with Gasteiger partial charge in [-0.2, -0.15) is 0 Å². The van der Waals surface area contributed by atoms with Crippen LogP contribution in [0.5, 0.6) is 0 Å². The van der Waals surface area contributed by atoms with Crippen LogP contribution in [0.25, 0.3) is 0 Å². The molecular weight excluding hydrogens is 308 g/mol. The van der Waals surface area contributed by atoms with Crippen LogP contribution in [0.15, 0.2) is 27.2 Å². The highest BCUT2D eigenvalue weighted by Gasteiger charge is 2.25. The highest BCUT2D eigenvalue weighted by Crippen LogP contribution is 2.24. The first kappa shape index (κ1) is 16.6. The number of nitrogens with one attached hydrogen (secondary N) is 2. The SMILES string of the molecule is Cc1nc(CNC(=O)NC[C@H](c2ccco2)N2CCCC2)oc1C. The van der Waals surface area contributed by atoms with Crippen LogP contribution < -0.4 is 10.6 Å². The summed E-state index contributed by atoms with van der Waals surface area (Å²) in [5.41, 5.74) is 0.846. The first-order valence-electron chi connectivity index (χ1n) is 8.35. The Labute approximate surface area is 141 Å². The fraction of sp³-hybridized carbons (Fsp3) is 0.529. The Morgan fingerprint density at radius 3 is 2.75 bits per heavy atom. The third kappa shape index (κ3) is 3.97. The van der Waals surface area contributed by atoms with E-state index in [2.05, 4.69) is 20.5 Å². The van der Waals surface area contributed by atoms with E-state index in [1.807, 2.05) is 26.0 Å². The molecule has 0 saturated carbocycles. The van der Waals surface area contributed by atoms with Crippen molar-refractivity contribution in [2.24, 2.45) is 0 Å². The number of carbonyl (C=O) groups is 1. The monoisotopic (exact) mass is 332 g/mol. The Morgan fingerprint density at radius 2 is 2.12 bits per heavy atom. The van der Waals surface area contributed by atoms with E-state index >= 15 is 0 Å². The van der Waals surface area contributed by atoms with Crippen molar-refractivity contribution in [2.75, 3.05) is 19.6 Å². The van der Waals surface area contributed by atoms with E-state index in [1.54, 1.807) is 6.26 Å². The summed E-state index contributed by atoms with van der Waals surface area (Å²) >= 11 is 0. The maximum atomic E-state index is 12.1. The highest BCUT2D eigenvalue weighted by molar-refractivity contribution is 5.73. The number of aromatic nitrogens is 1. The van der Waals surface area contributed by atoms with E-state index in [1.165, 1.54) is 12.8 Å². The molecule has 0 radical (unpaired) electrons. The van der Waals surface area contributed by atoms with E-state index in [4.69, 9.17) is 8.83 Å². The molecule has 1 aliphatic heterocycles. The summed E-state index contributed by atoms with van der Waals surface area (Å²) in [7, 11) is 0. The van der Waals surface area contributed by atoms with Crippen molar-refractivity contribution in [2.45, 2.75) is 39.3 Å². The van der Waals surface area contributed by atoms with Crippen LogP contribution in [-0.2, 0) is 6.54 Å². The number of oxazole rings is 1. The van der Waals surface area contributed by atoms with Crippen molar-refractivity contribution in [3.8, 4) is 0 Å². The molecule has 130 valence electrons. The van der Waals surface area contributed by atoms with Gasteiger partial charge in [-0.05, 0) is 51.9 Å². The quantitative estimate of drug-likeness (QED) is 0.849. The summed E-state index contributed by atoms with van der Waals surface area (Å²) in [6.45, 7) is 6.58. The molecule has 1 fully saturated rings. The van der Waals surface area contributed by atoms with Crippen molar-refractivity contribution in [1.29, 1.82) is 0 Å². The normalized spacial score (nSPS) is 16.2. The maximum Gasteiger partial charge on any atom is 0.315 e. The lowest BCUT2D eigenvalue weighted by Gasteiger charge is -2.25. The minimum Gasteiger partial charge on any atom is -0.468 e. The van der Waals surface area contributed by atoms with E-state index in [0.717, 1.165) is 30.3 Å². The van der Waals surface area contributed by atoms with E-state index < -0.39 is 0 Å². The standard InChI is InChI=1S/C17H24N4O3/c1-12-13(2)24-16(20-12)11-19-17(22)18-10-14(15-6-5-9-23-15)21-7-3-4-8-21/h5-6,9,14H,3-4,7-8,10-11H2,1-2H3,(H2,18,19,22)/t14-/m1/s1. The number of carbonyl (C=O) groups excluding carboxylic acids is 1. The number of nitrogens with zero attached hydrogens (tertiary/aromatic N) is 2. The van der Waals surface area contributed by atoms with Crippen LogP contribution in [0.3, 0.4) is 0 Å². The smallest absolute Gasteiger partial charge is 0.315 e. The number of aryl methyl sites for hydroxylation is 2. The average Bonchev–Trinajstić information content (AvgIpc) is 3.30. The Bertz CT molecular complexity index is 640. The molecule has 2 aromatic rings. The van der Waals surface area contributed by atoms with Crippen molar-refractivity contribution in [3.63, 3.8) is 0 Å². The number of hydrogen-bond acceptors (Lipinski definition) is 5. The number of amides is 2. The average molecular weight is 332 g/mol. The van der Waals surface area contributed by atoms with Gasteiger partial charge in [0.2, 0.25) is 5.89 Å². The van der Waals surface area contributed by atoms with Gasteiger partial charge in [0.05, 0.1) is 24.5 Å². The molecule has 24 heavy (non-hydrogen) atoms. The van der Waals surface area contributed by atoms with Crippen molar-refractivity contribution >= 4 is 6.03 Å². The summed E-state index contributed by atoms with van der Waals surface area (Å²) in [6, 6.07) is 3.67. The molecule has 3 heterocycles. The minimum atomic E-state index is -0.237. The predicted octanol–water partition coefficient (Wildman–Crippen LogP) is 2.52. The molecule has 0 aromatic carbocycles. The van der Waals surface area contributed by atoms with Gasteiger partial charge in [0.15, 0.2) is 0 Å². The summed E-state index contributed by atoms with van der Waals surface area (Å²) in [5, 5.41) is 5.69. The topological polar surface area (TPSA) is 83.5 Å². The van der Waals surface area contributed by atoms with Crippen LogP contribution in [0, 0.1) is 13.8 Å². The van der Waals surface area contributed by atoms with Gasteiger partial charge in [-0.3, -0.25) is 4.90 Å². The second kappa shape index (κ2) is 7.53. The molecule has 2 amide bonds. The van der Waals surface area contributed by atoms with Crippen LogP contribution in [0.1, 0.15) is 42.0 Å². The van der Waals surface area contributed by atoms with Crippen LogP contribution in [-0.4, -0.2) is 35.5 Å². The van der Waals surface area contributed by atoms with Gasteiger partial charge in [0.25, 0.3) is 0 Å². The molecule has 0 spiro atoms. The third-order valence-corrected chi connectivity index (χ3v) is 4.38. The fourth-order valence-electron chi connectivity index (χ4n) is 2.97. The maximum absolute atomic E-state index is 12.1. The molecule has 7 heteroatoms. The van der Waals surface area contributed by atoms with Gasteiger partial charge in [-0.15, -0.1) is 0 Å². The molecule has 0 bridgehead atoms. The van der Waals surface area contributed by atoms with Gasteiger partial charge in [0, 0.05) is 6.54 Å². The van der Waals surface area contributed by atoms with Gasteiger partial charge >= 0.3 is 6.03 Å². The lowest BCUT2D eigenvalue weighted by molar-refractivity contribution is 0.203. The molecule has 2 N–H and O–H groups in total. The Balaban J connectivity index is 1.51. The molecule has 0 unspecified atom stereocenters. The van der Waals surface area contributed by atoms with Crippen molar-refractivity contribution in [1.82, 2.24) is 20.5 Å². The summed E-state index contributed by atoms with van der Waals surface area (Å²) < 4.78 is 11.0. The first-order valence-corrected chi connectivity index (χ1v) is 8.35. The van der Waals surface area contributed by atoms with E-state index in [9.17, 15) is 4.79 Å². The Kier molecular flexibility index (Phi) is 5.20. The largest absolute Gasteiger partial charge is 0.468 e. The number of likely N-dealkylation sites (tertiary alicyclic amines) is 1. The summed E-state index contributed by atoms with van der Waals surface area (Å²) in [4.78, 5) is 18.7. The lowest BCUT2D eigenvalue weighted by atomic mass is 10.2. The van der Waals surface area contributed by atoms with Crippen molar-refractivity contribution in [3.05, 3.63) is 41.5 Å². The highest BCUT2D eigenvalue weighted by atomic mass is 16.4. The number of urea groups is 1. The van der Waals surface area contributed by atoms with Crippen LogP contribution in [0.4, 0.5) is 4.79 Å². The molecular formula is C17H24N4O3. The zero-order valence-electron chi connectivity index (χ0n) is 14.2. The number of rotatable bonds is 6. The molecule has 0 aliphatic carbocycles. The van der Waals surface area contributed by atoms with Crippen LogP contribution >= 0.6 is 0 Å².